The van der Waals surface area contributed by atoms with E-state index < -0.39 is 13.0 Å². The van der Waals surface area contributed by atoms with Crippen LogP contribution in [-0.4, -0.2) is 18.8 Å². The Labute approximate surface area is 75.1 Å². The van der Waals surface area contributed by atoms with Crippen LogP contribution in [0.15, 0.2) is 0 Å². The molecule has 0 aliphatic heterocycles. The highest BCUT2D eigenvalue weighted by atomic mass is 19.4. The lowest BCUT2D eigenvalue weighted by molar-refractivity contribution is -0.325. The second kappa shape index (κ2) is 5.21. The third-order valence-electron chi connectivity index (χ3n) is 1.71. The number of rotatable bonds is 5. The summed E-state index contributed by atoms with van der Waals surface area (Å²) >= 11 is 0. The van der Waals surface area contributed by atoms with Crippen molar-refractivity contribution in [2.75, 3.05) is 6.61 Å². The summed E-state index contributed by atoms with van der Waals surface area (Å²) in [4.78, 5) is 10.9. The Balaban J connectivity index is 3.59. The molecule has 0 heterocycles. The van der Waals surface area contributed by atoms with Crippen LogP contribution in [-0.2, 0) is 9.53 Å². The molecular weight excluding hydrogens is 185 g/mol. The van der Waals surface area contributed by atoms with Gasteiger partial charge in [-0.05, 0) is 6.42 Å². The summed E-state index contributed by atoms with van der Waals surface area (Å²) in [5, 5.41) is 0. The van der Waals surface area contributed by atoms with Crippen LogP contribution in [0.1, 0.15) is 26.7 Å². The number of alkyl halides is 3. The van der Waals surface area contributed by atoms with E-state index in [4.69, 9.17) is 0 Å². The summed E-state index contributed by atoms with van der Waals surface area (Å²) in [5.74, 6) is -0.391. The number of ether oxygens (including phenoxy) is 1. The van der Waals surface area contributed by atoms with Gasteiger partial charge in [-0.3, -0.25) is 9.53 Å². The number of hydrogen-bond acceptors (Lipinski definition) is 2. The minimum Gasteiger partial charge on any atom is -0.299 e. The highest BCUT2D eigenvalue weighted by Gasteiger charge is 2.29. The number of Topliss-reactive ketones (excluding diaryl/α,β-unsaturated/α-hetero) is 1. The van der Waals surface area contributed by atoms with Crippen molar-refractivity contribution in [2.45, 2.75) is 33.1 Å². The maximum absolute atomic E-state index is 11.5. The SMILES string of the molecule is CCC(=O)C(C)CCOC(F)(F)F. The second-order valence-corrected chi connectivity index (χ2v) is 2.80. The maximum Gasteiger partial charge on any atom is 0.522 e. The van der Waals surface area contributed by atoms with Crippen molar-refractivity contribution < 1.29 is 22.7 Å². The average molecular weight is 198 g/mol. The molecule has 13 heavy (non-hydrogen) atoms. The number of halogens is 3. The smallest absolute Gasteiger partial charge is 0.299 e. The van der Waals surface area contributed by atoms with Crippen LogP contribution >= 0.6 is 0 Å². The molecule has 5 heteroatoms. The predicted molar refractivity (Wildman–Crippen MR) is 41.1 cm³/mol. The third-order valence-corrected chi connectivity index (χ3v) is 1.71. The van der Waals surface area contributed by atoms with Gasteiger partial charge in [0.25, 0.3) is 0 Å². The molecule has 2 nitrogen and oxygen atoms in total. The van der Waals surface area contributed by atoms with Gasteiger partial charge in [0.15, 0.2) is 0 Å². The van der Waals surface area contributed by atoms with E-state index in [2.05, 4.69) is 4.74 Å². The van der Waals surface area contributed by atoms with Crippen molar-refractivity contribution >= 4 is 5.78 Å². The summed E-state index contributed by atoms with van der Waals surface area (Å²) < 4.78 is 38.0. The van der Waals surface area contributed by atoms with E-state index in [0.29, 0.717) is 6.42 Å². The zero-order valence-electron chi connectivity index (χ0n) is 7.65. The van der Waals surface area contributed by atoms with E-state index in [1.165, 1.54) is 0 Å². The van der Waals surface area contributed by atoms with Gasteiger partial charge in [0.05, 0.1) is 6.61 Å². The van der Waals surface area contributed by atoms with Crippen molar-refractivity contribution in [1.82, 2.24) is 0 Å². The van der Waals surface area contributed by atoms with Crippen molar-refractivity contribution in [3.05, 3.63) is 0 Å². The van der Waals surface area contributed by atoms with Crippen molar-refractivity contribution in [1.29, 1.82) is 0 Å². The topological polar surface area (TPSA) is 26.3 Å². The van der Waals surface area contributed by atoms with Crippen LogP contribution in [0.4, 0.5) is 13.2 Å². The molecule has 0 aliphatic carbocycles. The molecular formula is C8H13F3O2. The Kier molecular flexibility index (Phi) is 4.98. The zero-order chi connectivity index (χ0) is 10.5. The Hall–Kier alpha value is -0.580. The Morgan fingerprint density at radius 3 is 2.38 bits per heavy atom. The first-order chi connectivity index (χ1) is 5.87. The number of ketones is 1. The summed E-state index contributed by atoms with van der Waals surface area (Å²) in [7, 11) is 0. The molecule has 0 rings (SSSR count). The number of carbonyl (C=O) groups excluding carboxylic acids is 1. The lowest BCUT2D eigenvalue weighted by atomic mass is 10.0. The van der Waals surface area contributed by atoms with E-state index >= 15 is 0 Å². The zero-order valence-corrected chi connectivity index (χ0v) is 7.65. The molecule has 0 saturated heterocycles. The predicted octanol–water partition coefficient (Wildman–Crippen LogP) is 2.53. The molecule has 0 N–H and O–H groups in total. The van der Waals surface area contributed by atoms with Crippen molar-refractivity contribution in [2.24, 2.45) is 5.92 Å². The maximum atomic E-state index is 11.5. The molecule has 0 bridgehead atoms. The van der Waals surface area contributed by atoms with E-state index in [1.807, 2.05) is 0 Å². The highest BCUT2D eigenvalue weighted by molar-refractivity contribution is 5.80. The van der Waals surface area contributed by atoms with E-state index in [0.717, 1.165) is 0 Å². The van der Waals surface area contributed by atoms with Gasteiger partial charge in [-0.25, -0.2) is 0 Å². The number of hydrogen-bond donors (Lipinski definition) is 0. The van der Waals surface area contributed by atoms with Crippen LogP contribution in [0, 0.1) is 5.92 Å². The molecule has 0 amide bonds. The van der Waals surface area contributed by atoms with Gasteiger partial charge < -0.3 is 0 Å². The summed E-state index contributed by atoms with van der Waals surface area (Å²) in [5.41, 5.74) is 0. The van der Waals surface area contributed by atoms with Gasteiger partial charge in [0, 0.05) is 12.3 Å². The molecule has 78 valence electrons. The minimum absolute atomic E-state index is 0.0363. The minimum atomic E-state index is -4.59. The molecule has 0 aromatic carbocycles. The fourth-order valence-electron chi connectivity index (χ4n) is 0.861. The quantitative estimate of drug-likeness (QED) is 0.678. The monoisotopic (exact) mass is 198 g/mol. The fraction of sp³-hybridized carbons (Fsp3) is 0.875. The average Bonchev–Trinajstić information content (AvgIpc) is 2.00. The van der Waals surface area contributed by atoms with Crippen LogP contribution in [0.3, 0.4) is 0 Å². The standard InChI is InChI=1S/C8H13F3O2/c1-3-7(12)6(2)4-5-13-8(9,10)11/h6H,3-5H2,1-2H3. The van der Waals surface area contributed by atoms with Crippen molar-refractivity contribution in [3.8, 4) is 0 Å². The molecule has 0 saturated carbocycles. The molecule has 0 spiro atoms. The van der Waals surface area contributed by atoms with Gasteiger partial charge in [-0.2, -0.15) is 0 Å². The van der Waals surface area contributed by atoms with Crippen LogP contribution in [0.5, 0.6) is 0 Å². The normalized spacial score (nSPS) is 14.2. The van der Waals surface area contributed by atoms with Crippen LogP contribution < -0.4 is 0 Å². The lowest BCUT2D eigenvalue weighted by Gasteiger charge is -2.10. The Morgan fingerprint density at radius 2 is 2.00 bits per heavy atom. The van der Waals surface area contributed by atoms with Crippen LogP contribution in [0.25, 0.3) is 0 Å². The molecule has 1 unspecified atom stereocenters. The van der Waals surface area contributed by atoms with Crippen LogP contribution in [0.2, 0.25) is 0 Å². The molecule has 1 atom stereocenters. The Morgan fingerprint density at radius 1 is 1.46 bits per heavy atom. The first-order valence-electron chi connectivity index (χ1n) is 4.10. The van der Waals surface area contributed by atoms with Gasteiger partial charge in [-0.1, -0.05) is 13.8 Å². The lowest BCUT2D eigenvalue weighted by Crippen LogP contribution is -2.18. The van der Waals surface area contributed by atoms with E-state index in [9.17, 15) is 18.0 Å². The fourth-order valence-corrected chi connectivity index (χ4v) is 0.861. The molecule has 0 aromatic rings. The second-order valence-electron chi connectivity index (χ2n) is 2.80. The summed E-state index contributed by atoms with van der Waals surface area (Å²) in [6.07, 6.45) is -4.12. The molecule has 0 aromatic heterocycles. The van der Waals surface area contributed by atoms with E-state index in [1.54, 1.807) is 13.8 Å². The molecule has 0 fully saturated rings. The van der Waals surface area contributed by atoms with Gasteiger partial charge in [0.2, 0.25) is 0 Å². The van der Waals surface area contributed by atoms with E-state index in [-0.39, 0.29) is 18.1 Å². The van der Waals surface area contributed by atoms with Gasteiger partial charge in [-0.15, -0.1) is 13.2 Å². The summed E-state index contributed by atoms with van der Waals surface area (Å²) in [6, 6.07) is 0. The highest BCUT2D eigenvalue weighted by Crippen LogP contribution is 2.17. The molecule has 0 radical (unpaired) electrons. The molecule has 0 aliphatic rings. The third kappa shape index (κ3) is 6.57. The van der Waals surface area contributed by atoms with Crippen molar-refractivity contribution in [3.63, 3.8) is 0 Å². The van der Waals surface area contributed by atoms with Gasteiger partial charge in [0.1, 0.15) is 5.78 Å². The number of carbonyl (C=O) groups is 1. The first-order valence-corrected chi connectivity index (χ1v) is 4.10. The Bertz CT molecular complexity index is 165. The largest absolute Gasteiger partial charge is 0.522 e. The first kappa shape index (κ1) is 12.4. The summed E-state index contributed by atoms with van der Waals surface area (Å²) in [6.45, 7) is 2.84. The van der Waals surface area contributed by atoms with Gasteiger partial charge >= 0.3 is 6.36 Å².